The molecule has 3 N–H and O–H groups in total. The van der Waals surface area contributed by atoms with Gasteiger partial charge in [-0.15, -0.1) is 0 Å². The summed E-state index contributed by atoms with van der Waals surface area (Å²) in [5.74, 6) is -0.522. The van der Waals surface area contributed by atoms with E-state index in [1.54, 1.807) is 18.2 Å². The second kappa shape index (κ2) is 9.13. The number of carbonyl (C=O) groups is 1. The number of rotatable bonds is 5. The number of hydrogen-bond donors (Lipinski definition) is 3. The number of nitrogens with one attached hydrogen (secondary N) is 2. The molecule has 184 valence electrons. The van der Waals surface area contributed by atoms with Gasteiger partial charge in [-0.25, -0.2) is 0 Å². The van der Waals surface area contributed by atoms with E-state index in [9.17, 15) is 27.9 Å². The molecule has 2 fully saturated rings. The van der Waals surface area contributed by atoms with E-state index in [1.165, 1.54) is 24.3 Å². The fraction of sp³-hybridized carbons (Fsp3) is 0.385. The number of fused-ring (bicyclic) bond motifs is 1. The van der Waals surface area contributed by atoms with Crippen LogP contribution in [0.5, 0.6) is 0 Å². The summed E-state index contributed by atoms with van der Waals surface area (Å²) in [7, 11) is 0. The quantitative estimate of drug-likeness (QED) is 0.515. The number of aromatic nitrogens is 1. The summed E-state index contributed by atoms with van der Waals surface area (Å²) in [5, 5.41) is 13.4. The number of aliphatic hydroxyl groups is 1. The summed E-state index contributed by atoms with van der Waals surface area (Å²) in [6, 6.07) is 11.8. The minimum atomic E-state index is -4.55. The van der Waals surface area contributed by atoms with Crippen molar-refractivity contribution in [2.45, 2.75) is 43.4 Å². The molecule has 2 aliphatic heterocycles. The normalized spacial score (nSPS) is 23.2. The van der Waals surface area contributed by atoms with Gasteiger partial charge in [0.1, 0.15) is 0 Å². The van der Waals surface area contributed by atoms with Crippen molar-refractivity contribution >= 4 is 16.7 Å². The Hall–Kier alpha value is -3.17. The monoisotopic (exact) mass is 485 g/mol. The average Bonchev–Trinajstić information content (AvgIpc) is 3.44. The van der Waals surface area contributed by atoms with Crippen LogP contribution in [0.25, 0.3) is 22.0 Å². The molecule has 3 heterocycles. The smallest absolute Gasteiger partial charge is 0.395 e. The Morgan fingerprint density at radius 2 is 1.89 bits per heavy atom. The molecular formula is C26H26F3N3O3. The third-order valence-electron chi connectivity index (χ3n) is 7.14. The van der Waals surface area contributed by atoms with Crippen LogP contribution < -0.4 is 10.9 Å². The van der Waals surface area contributed by atoms with Gasteiger partial charge in [0.05, 0.1) is 18.1 Å². The Labute approximate surface area is 199 Å². The lowest BCUT2D eigenvalue weighted by Crippen LogP contribution is -2.42. The van der Waals surface area contributed by atoms with Crippen LogP contribution in [0.3, 0.4) is 0 Å². The highest BCUT2D eigenvalue weighted by molar-refractivity contribution is 5.90. The number of H-pyrrole nitrogens is 1. The first-order valence-corrected chi connectivity index (χ1v) is 11.7. The minimum absolute atomic E-state index is 0.0464. The lowest BCUT2D eigenvalue weighted by atomic mass is 9.93. The number of alkyl halides is 3. The predicted octanol–water partition coefficient (Wildman–Crippen LogP) is 3.64. The van der Waals surface area contributed by atoms with Gasteiger partial charge in [0.15, 0.2) is 0 Å². The SMILES string of the molecule is O=C1NC(CN2CCC[C@@H]2CO)C[C@H]1c1ccc2cc(-c3ccccc3C(F)(F)F)[nH]c(=O)c2c1. The molecule has 2 saturated heterocycles. The van der Waals surface area contributed by atoms with E-state index in [-0.39, 0.29) is 35.9 Å². The molecule has 5 rings (SSSR count). The highest BCUT2D eigenvalue weighted by Crippen LogP contribution is 2.37. The first-order chi connectivity index (χ1) is 16.7. The zero-order valence-corrected chi connectivity index (χ0v) is 18.9. The number of hydrogen-bond acceptors (Lipinski definition) is 4. The summed E-state index contributed by atoms with van der Waals surface area (Å²) in [6.07, 6.45) is -2.00. The molecular weight excluding hydrogens is 459 g/mol. The minimum Gasteiger partial charge on any atom is -0.395 e. The van der Waals surface area contributed by atoms with E-state index >= 15 is 0 Å². The van der Waals surface area contributed by atoms with Crippen LogP contribution in [0.2, 0.25) is 0 Å². The lowest BCUT2D eigenvalue weighted by Gasteiger charge is -2.25. The number of carbonyl (C=O) groups excluding carboxylic acids is 1. The van der Waals surface area contributed by atoms with Crippen LogP contribution in [0.1, 0.15) is 36.3 Å². The van der Waals surface area contributed by atoms with Crippen molar-refractivity contribution in [3.05, 3.63) is 70.0 Å². The molecule has 0 bridgehead atoms. The Bertz CT molecular complexity index is 1320. The van der Waals surface area contributed by atoms with E-state index in [1.807, 2.05) is 0 Å². The number of aliphatic hydroxyl groups excluding tert-OH is 1. The van der Waals surface area contributed by atoms with Crippen LogP contribution in [0.4, 0.5) is 13.2 Å². The maximum atomic E-state index is 13.5. The molecule has 1 amide bonds. The van der Waals surface area contributed by atoms with Gasteiger partial charge in [0, 0.05) is 35.3 Å². The molecule has 9 heteroatoms. The predicted molar refractivity (Wildman–Crippen MR) is 126 cm³/mol. The molecule has 35 heavy (non-hydrogen) atoms. The largest absolute Gasteiger partial charge is 0.417 e. The third kappa shape index (κ3) is 4.58. The highest BCUT2D eigenvalue weighted by atomic mass is 19.4. The van der Waals surface area contributed by atoms with Crippen molar-refractivity contribution in [2.24, 2.45) is 0 Å². The van der Waals surface area contributed by atoms with Crippen molar-refractivity contribution in [1.29, 1.82) is 0 Å². The number of nitrogens with zero attached hydrogens (tertiary/aromatic N) is 1. The molecule has 2 aromatic carbocycles. The summed E-state index contributed by atoms with van der Waals surface area (Å²) in [6.45, 7) is 1.67. The Morgan fingerprint density at radius 3 is 2.66 bits per heavy atom. The maximum Gasteiger partial charge on any atom is 0.417 e. The third-order valence-corrected chi connectivity index (χ3v) is 7.14. The van der Waals surface area contributed by atoms with Gasteiger partial charge in [0.2, 0.25) is 5.91 Å². The molecule has 3 aromatic rings. The second-order valence-corrected chi connectivity index (χ2v) is 9.37. The lowest BCUT2D eigenvalue weighted by molar-refractivity contribution is -0.137. The van der Waals surface area contributed by atoms with Crippen molar-refractivity contribution < 1.29 is 23.1 Å². The van der Waals surface area contributed by atoms with Crippen LogP contribution >= 0.6 is 0 Å². The number of likely N-dealkylation sites (tertiary alicyclic amines) is 1. The van der Waals surface area contributed by atoms with Gasteiger partial charge in [-0.3, -0.25) is 14.5 Å². The number of benzene rings is 2. The van der Waals surface area contributed by atoms with Gasteiger partial charge in [-0.2, -0.15) is 13.2 Å². The van der Waals surface area contributed by atoms with E-state index in [0.717, 1.165) is 25.5 Å². The van der Waals surface area contributed by atoms with Crippen molar-refractivity contribution in [3.63, 3.8) is 0 Å². The first kappa shape index (κ1) is 23.6. The van der Waals surface area contributed by atoms with Crippen molar-refractivity contribution in [1.82, 2.24) is 15.2 Å². The summed E-state index contributed by atoms with van der Waals surface area (Å²) in [5.41, 5.74) is -0.627. The van der Waals surface area contributed by atoms with Gasteiger partial charge in [0.25, 0.3) is 5.56 Å². The summed E-state index contributed by atoms with van der Waals surface area (Å²) in [4.78, 5) is 30.4. The van der Waals surface area contributed by atoms with E-state index < -0.39 is 23.2 Å². The molecule has 0 saturated carbocycles. The molecule has 2 aliphatic rings. The summed E-state index contributed by atoms with van der Waals surface area (Å²) >= 11 is 0. The Balaban J connectivity index is 1.42. The fourth-order valence-electron chi connectivity index (χ4n) is 5.39. The molecule has 0 radical (unpaired) electrons. The van der Waals surface area contributed by atoms with Crippen molar-refractivity contribution in [2.75, 3.05) is 19.7 Å². The summed E-state index contributed by atoms with van der Waals surface area (Å²) < 4.78 is 40.4. The zero-order chi connectivity index (χ0) is 24.7. The second-order valence-electron chi connectivity index (χ2n) is 9.37. The zero-order valence-electron chi connectivity index (χ0n) is 18.9. The topological polar surface area (TPSA) is 85.4 Å². The number of amides is 1. The van der Waals surface area contributed by atoms with Gasteiger partial charge in [-0.1, -0.05) is 30.3 Å². The molecule has 3 atom stereocenters. The van der Waals surface area contributed by atoms with E-state index in [0.29, 0.717) is 29.3 Å². The first-order valence-electron chi connectivity index (χ1n) is 11.7. The number of halogens is 3. The Morgan fingerprint density at radius 1 is 1.09 bits per heavy atom. The van der Waals surface area contributed by atoms with Gasteiger partial charge >= 0.3 is 6.18 Å². The molecule has 6 nitrogen and oxygen atoms in total. The molecule has 0 spiro atoms. The van der Waals surface area contributed by atoms with E-state index in [2.05, 4.69) is 15.2 Å². The van der Waals surface area contributed by atoms with Gasteiger partial charge in [-0.05, 0) is 55.0 Å². The van der Waals surface area contributed by atoms with Crippen LogP contribution in [0, 0.1) is 0 Å². The van der Waals surface area contributed by atoms with E-state index in [4.69, 9.17) is 0 Å². The average molecular weight is 486 g/mol. The highest BCUT2D eigenvalue weighted by Gasteiger charge is 2.36. The van der Waals surface area contributed by atoms with Gasteiger partial charge < -0.3 is 15.4 Å². The molecule has 1 unspecified atom stereocenters. The maximum absolute atomic E-state index is 13.5. The molecule has 0 aliphatic carbocycles. The Kier molecular flexibility index (Phi) is 6.14. The fourth-order valence-corrected chi connectivity index (χ4v) is 5.39. The van der Waals surface area contributed by atoms with Crippen LogP contribution in [-0.4, -0.2) is 52.7 Å². The van der Waals surface area contributed by atoms with Crippen LogP contribution in [0.15, 0.2) is 53.3 Å². The van der Waals surface area contributed by atoms with Crippen molar-refractivity contribution in [3.8, 4) is 11.3 Å². The number of aromatic amines is 1. The molecule has 1 aromatic heterocycles. The number of pyridine rings is 1. The van der Waals surface area contributed by atoms with Crippen LogP contribution in [-0.2, 0) is 11.0 Å². The standard InChI is InChI=1S/C26H26F3N3O3/c27-26(28,29)22-6-2-1-5-19(22)23-11-16-8-7-15(10-20(16)25(35)31-23)21-12-17(30-24(21)34)13-32-9-3-4-18(32)14-33/h1-2,5-8,10-11,17-18,21,33H,3-4,9,12-14H2,(H,30,34)(H,31,35)/t17?,18-,21+/m1/s1.